The van der Waals surface area contributed by atoms with E-state index in [1.807, 2.05) is 6.92 Å². The van der Waals surface area contributed by atoms with Crippen molar-refractivity contribution >= 4 is 17.3 Å². The maximum absolute atomic E-state index is 10.9. The minimum Gasteiger partial charge on any atom is -0.489 e. The van der Waals surface area contributed by atoms with Crippen molar-refractivity contribution in [2.45, 2.75) is 13.3 Å². The molecule has 4 nitrogen and oxygen atoms in total. The zero-order valence-corrected chi connectivity index (χ0v) is 9.60. The summed E-state index contributed by atoms with van der Waals surface area (Å²) in [4.78, 5) is 12.2. The van der Waals surface area contributed by atoms with Gasteiger partial charge in [-0.3, -0.25) is 0 Å². The van der Waals surface area contributed by atoms with Crippen molar-refractivity contribution in [2.75, 3.05) is 20.3 Å². The van der Waals surface area contributed by atoms with Gasteiger partial charge in [0.2, 0.25) is 0 Å². The Morgan fingerprint density at radius 1 is 1.53 bits per heavy atom. The lowest BCUT2D eigenvalue weighted by Gasteiger charge is -2.03. The van der Waals surface area contributed by atoms with E-state index in [1.54, 1.807) is 13.2 Å². The van der Waals surface area contributed by atoms with Gasteiger partial charge >= 0.3 is 5.97 Å². The van der Waals surface area contributed by atoms with E-state index in [0.717, 1.165) is 11.3 Å². The fraction of sp³-hybridized carbons (Fsp3) is 0.500. The van der Waals surface area contributed by atoms with Gasteiger partial charge in [0, 0.05) is 12.0 Å². The van der Waals surface area contributed by atoms with Crippen LogP contribution in [0, 0.1) is 0 Å². The lowest BCUT2D eigenvalue weighted by atomic mass is 10.3. The lowest BCUT2D eigenvalue weighted by Crippen LogP contribution is -2.06. The van der Waals surface area contributed by atoms with Gasteiger partial charge in [0.05, 0.1) is 6.61 Å². The Balaban J connectivity index is 2.75. The number of hydrogen-bond donors (Lipinski definition) is 1. The molecule has 0 saturated carbocycles. The summed E-state index contributed by atoms with van der Waals surface area (Å²) in [6.45, 7) is 2.81. The van der Waals surface area contributed by atoms with E-state index in [2.05, 4.69) is 0 Å². The van der Waals surface area contributed by atoms with Gasteiger partial charge in [0.15, 0.2) is 4.88 Å². The molecule has 5 heteroatoms. The van der Waals surface area contributed by atoms with Crippen LogP contribution >= 0.6 is 11.3 Å². The van der Waals surface area contributed by atoms with Crippen molar-refractivity contribution < 1.29 is 19.4 Å². The molecule has 15 heavy (non-hydrogen) atoms. The summed E-state index contributed by atoms with van der Waals surface area (Å²) < 4.78 is 10.2. The topological polar surface area (TPSA) is 55.8 Å². The monoisotopic (exact) mass is 230 g/mol. The first kappa shape index (κ1) is 12.0. The standard InChI is InChI=1S/C10H14O4S/c1-3-7-6-8(14-5-4-13-2)9(15-7)10(11)12/h6H,3-5H2,1-2H3,(H,11,12). The molecule has 1 N–H and O–H groups in total. The first-order chi connectivity index (χ1) is 7.19. The average Bonchev–Trinajstić information content (AvgIpc) is 2.62. The SMILES string of the molecule is CCc1cc(OCCOC)c(C(=O)O)s1. The van der Waals surface area contributed by atoms with Gasteiger partial charge in [0.25, 0.3) is 0 Å². The van der Waals surface area contributed by atoms with Crippen LogP contribution in [0.5, 0.6) is 5.75 Å². The van der Waals surface area contributed by atoms with Crippen molar-refractivity contribution in [2.24, 2.45) is 0 Å². The molecule has 0 fully saturated rings. The van der Waals surface area contributed by atoms with E-state index in [-0.39, 0.29) is 4.88 Å². The van der Waals surface area contributed by atoms with Gasteiger partial charge in [-0.15, -0.1) is 11.3 Å². The molecule has 1 rings (SSSR count). The molecule has 0 aliphatic heterocycles. The summed E-state index contributed by atoms with van der Waals surface area (Å²) in [7, 11) is 1.58. The van der Waals surface area contributed by atoms with E-state index in [0.29, 0.717) is 19.0 Å². The number of carbonyl (C=O) groups is 1. The molecule has 0 aliphatic carbocycles. The number of carboxylic acids is 1. The molecule has 0 amide bonds. The third kappa shape index (κ3) is 3.21. The third-order valence-electron chi connectivity index (χ3n) is 1.84. The molecule has 84 valence electrons. The Morgan fingerprint density at radius 2 is 2.27 bits per heavy atom. The highest BCUT2D eigenvalue weighted by Gasteiger charge is 2.15. The van der Waals surface area contributed by atoms with Gasteiger partial charge in [-0.2, -0.15) is 0 Å². The summed E-state index contributed by atoms with van der Waals surface area (Å²) in [6.07, 6.45) is 0.818. The molecule has 1 aromatic heterocycles. The minimum atomic E-state index is -0.938. The number of aryl methyl sites for hydroxylation is 1. The lowest BCUT2D eigenvalue weighted by molar-refractivity contribution is 0.0695. The number of ether oxygens (including phenoxy) is 2. The highest BCUT2D eigenvalue weighted by Crippen LogP contribution is 2.29. The molecule has 1 aromatic rings. The smallest absolute Gasteiger partial charge is 0.349 e. The largest absolute Gasteiger partial charge is 0.489 e. The summed E-state index contributed by atoms with van der Waals surface area (Å²) in [5, 5.41) is 8.93. The third-order valence-corrected chi connectivity index (χ3v) is 3.09. The molecule has 0 spiro atoms. The molecule has 1 heterocycles. The summed E-state index contributed by atoms with van der Waals surface area (Å²) in [5.41, 5.74) is 0. The van der Waals surface area contributed by atoms with E-state index in [1.165, 1.54) is 11.3 Å². The van der Waals surface area contributed by atoms with Gasteiger partial charge in [-0.05, 0) is 12.5 Å². The van der Waals surface area contributed by atoms with Crippen LogP contribution in [0.1, 0.15) is 21.5 Å². The number of carboxylic acid groups (broad SMARTS) is 1. The normalized spacial score (nSPS) is 10.3. The van der Waals surface area contributed by atoms with Crippen molar-refractivity contribution in [3.63, 3.8) is 0 Å². The molecule has 0 aliphatic rings. The summed E-state index contributed by atoms with van der Waals surface area (Å²) in [6, 6.07) is 1.78. The van der Waals surface area contributed by atoms with Crippen LogP contribution in [0.4, 0.5) is 0 Å². The zero-order chi connectivity index (χ0) is 11.3. The van der Waals surface area contributed by atoms with Crippen LogP contribution in [0.3, 0.4) is 0 Å². The average molecular weight is 230 g/mol. The van der Waals surface area contributed by atoms with Crippen LogP contribution in [-0.2, 0) is 11.2 Å². The van der Waals surface area contributed by atoms with Gasteiger partial charge in [-0.25, -0.2) is 4.79 Å². The van der Waals surface area contributed by atoms with Crippen LogP contribution < -0.4 is 4.74 Å². The highest BCUT2D eigenvalue weighted by atomic mass is 32.1. The molecule has 0 unspecified atom stereocenters. The second-order valence-corrected chi connectivity index (χ2v) is 4.04. The minimum absolute atomic E-state index is 0.267. The number of hydrogen-bond acceptors (Lipinski definition) is 4. The number of rotatable bonds is 6. The Bertz CT molecular complexity index is 332. The first-order valence-electron chi connectivity index (χ1n) is 4.66. The molecule has 0 radical (unpaired) electrons. The molecule has 0 bridgehead atoms. The van der Waals surface area contributed by atoms with E-state index in [4.69, 9.17) is 14.6 Å². The molecular formula is C10H14O4S. The second-order valence-electron chi connectivity index (χ2n) is 2.91. The van der Waals surface area contributed by atoms with Crippen molar-refractivity contribution in [3.05, 3.63) is 15.8 Å². The van der Waals surface area contributed by atoms with E-state index in [9.17, 15) is 4.79 Å². The zero-order valence-electron chi connectivity index (χ0n) is 8.78. The Hall–Kier alpha value is -1.07. The molecular weight excluding hydrogens is 216 g/mol. The fourth-order valence-corrected chi connectivity index (χ4v) is 1.97. The molecule has 0 saturated heterocycles. The fourth-order valence-electron chi connectivity index (χ4n) is 1.09. The van der Waals surface area contributed by atoms with Crippen molar-refractivity contribution in [1.29, 1.82) is 0 Å². The van der Waals surface area contributed by atoms with E-state index < -0.39 is 5.97 Å². The van der Waals surface area contributed by atoms with Crippen LogP contribution in [0.25, 0.3) is 0 Å². The van der Waals surface area contributed by atoms with E-state index >= 15 is 0 Å². The van der Waals surface area contributed by atoms with Crippen LogP contribution in [-0.4, -0.2) is 31.4 Å². The number of methoxy groups -OCH3 is 1. The maximum atomic E-state index is 10.9. The Morgan fingerprint density at radius 3 is 2.80 bits per heavy atom. The van der Waals surface area contributed by atoms with Crippen LogP contribution in [0.2, 0.25) is 0 Å². The van der Waals surface area contributed by atoms with Gasteiger partial charge < -0.3 is 14.6 Å². The summed E-state index contributed by atoms with van der Waals surface area (Å²) >= 11 is 1.26. The van der Waals surface area contributed by atoms with Crippen LogP contribution in [0.15, 0.2) is 6.07 Å². The highest BCUT2D eigenvalue weighted by molar-refractivity contribution is 7.14. The number of thiophene rings is 1. The second kappa shape index (κ2) is 5.72. The first-order valence-corrected chi connectivity index (χ1v) is 5.48. The van der Waals surface area contributed by atoms with Crippen molar-refractivity contribution in [3.8, 4) is 5.75 Å². The summed E-state index contributed by atoms with van der Waals surface area (Å²) in [5.74, 6) is -0.492. The predicted molar refractivity (Wildman–Crippen MR) is 58.0 cm³/mol. The quantitative estimate of drug-likeness (QED) is 0.760. The Kier molecular flexibility index (Phi) is 4.58. The maximum Gasteiger partial charge on any atom is 0.349 e. The predicted octanol–water partition coefficient (Wildman–Crippen LogP) is 2.03. The Labute approximate surface area is 92.4 Å². The number of aromatic carboxylic acids is 1. The van der Waals surface area contributed by atoms with Gasteiger partial charge in [-0.1, -0.05) is 6.92 Å². The molecule has 0 aromatic carbocycles. The van der Waals surface area contributed by atoms with Crippen molar-refractivity contribution in [1.82, 2.24) is 0 Å². The molecule has 0 atom stereocenters. The van der Waals surface area contributed by atoms with Gasteiger partial charge in [0.1, 0.15) is 12.4 Å².